The third-order valence-corrected chi connectivity index (χ3v) is 3.89. The smallest absolute Gasteiger partial charge is 0.263 e. The highest BCUT2D eigenvalue weighted by Gasteiger charge is 2.19. The highest BCUT2D eigenvalue weighted by Crippen LogP contribution is 2.17. The summed E-state index contributed by atoms with van der Waals surface area (Å²) >= 11 is 1.59. The number of amidine groups is 1. The minimum Gasteiger partial charge on any atom is -0.349 e. The second kappa shape index (κ2) is 6.45. The second-order valence-corrected chi connectivity index (χ2v) is 5.39. The predicted molar refractivity (Wildman–Crippen MR) is 72.0 cm³/mol. The third kappa shape index (κ3) is 3.50. The van der Waals surface area contributed by atoms with Crippen molar-refractivity contribution in [3.63, 3.8) is 0 Å². The molecule has 0 spiro atoms. The van der Waals surface area contributed by atoms with Crippen LogP contribution in [0, 0.1) is 11.3 Å². The molecule has 1 aliphatic heterocycles. The van der Waals surface area contributed by atoms with Crippen LogP contribution in [0.15, 0.2) is 16.8 Å². The van der Waals surface area contributed by atoms with E-state index in [4.69, 9.17) is 5.26 Å². The van der Waals surface area contributed by atoms with Crippen molar-refractivity contribution in [1.82, 2.24) is 10.6 Å². The van der Waals surface area contributed by atoms with Crippen molar-refractivity contribution in [3.05, 3.63) is 11.8 Å². The molecule has 1 aliphatic carbocycles. The Kier molecular flexibility index (Phi) is 4.65. The number of hydrogen-bond acceptors (Lipinski definition) is 5. The molecule has 0 bridgehead atoms. The lowest BCUT2D eigenvalue weighted by Gasteiger charge is -2.11. The predicted octanol–water partition coefficient (Wildman–Crippen LogP) is 1.15. The van der Waals surface area contributed by atoms with Crippen molar-refractivity contribution in [2.75, 3.05) is 12.3 Å². The minimum atomic E-state index is -0.291. The van der Waals surface area contributed by atoms with Gasteiger partial charge in [-0.2, -0.15) is 5.26 Å². The molecule has 0 saturated heterocycles. The summed E-state index contributed by atoms with van der Waals surface area (Å²) in [6, 6.07) is 2.15. The van der Waals surface area contributed by atoms with Gasteiger partial charge in [-0.1, -0.05) is 24.6 Å². The van der Waals surface area contributed by atoms with Gasteiger partial charge in [0.2, 0.25) is 0 Å². The van der Waals surface area contributed by atoms with Crippen LogP contribution < -0.4 is 10.6 Å². The topological polar surface area (TPSA) is 77.3 Å². The second-order valence-electron chi connectivity index (χ2n) is 4.30. The largest absolute Gasteiger partial charge is 0.349 e. The first-order valence-electron chi connectivity index (χ1n) is 6.14. The number of carbonyl (C=O) groups is 1. The van der Waals surface area contributed by atoms with Gasteiger partial charge < -0.3 is 10.6 Å². The summed E-state index contributed by atoms with van der Waals surface area (Å²) in [7, 11) is 0. The molecule has 18 heavy (non-hydrogen) atoms. The Labute approximate surface area is 111 Å². The Balaban J connectivity index is 1.88. The minimum absolute atomic E-state index is 0.108. The zero-order chi connectivity index (χ0) is 12.8. The van der Waals surface area contributed by atoms with E-state index < -0.39 is 0 Å². The first-order chi connectivity index (χ1) is 8.79. The van der Waals surface area contributed by atoms with E-state index in [0.717, 1.165) is 43.1 Å². The molecule has 0 atom stereocenters. The summed E-state index contributed by atoms with van der Waals surface area (Å²) in [5.74, 6) is 0.660. The standard InChI is InChI=1S/C12H16N4OS/c13-7-9(8-15-12-14-5-6-18-12)11(17)16-10-3-1-2-4-10/h8,10H,1-6H2,(H,14,15)(H,16,17)/b9-8-. The lowest BCUT2D eigenvalue weighted by Crippen LogP contribution is -2.34. The van der Waals surface area contributed by atoms with E-state index in [1.807, 2.05) is 6.07 Å². The molecule has 0 unspecified atom stereocenters. The van der Waals surface area contributed by atoms with E-state index in [-0.39, 0.29) is 17.5 Å². The average molecular weight is 264 g/mol. The van der Waals surface area contributed by atoms with E-state index in [0.29, 0.717) is 0 Å². The first-order valence-corrected chi connectivity index (χ1v) is 7.13. The number of nitrogens with one attached hydrogen (secondary N) is 2. The molecule has 1 amide bonds. The highest BCUT2D eigenvalue weighted by molar-refractivity contribution is 8.14. The third-order valence-electron chi connectivity index (χ3n) is 2.98. The Morgan fingerprint density at radius 2 is 2.28 bits per heavy atom. The van der Waals surface area contributed by atoms with Crippen molar-refractivity contribution in [3.8, 4) is 6.07 Å². The molecule has 0 aromatic heterocycles. The van der Waals surface area contributed by atoms with Gasteiger partial charge in [-0.3, -0.25) is 9.79 Å². The molecule has 6 heteroatoms. The molecule has 0 radical (unpaired) electrons. The lowest BCUT2D eigenvalue weighted by atomic mass is 10.2. The van der Waals surface area contributed by atoms with E-state index in [2.05, 4.69) is 15.6 Å². The van der Waals surface area contributed by atoms with Crippen molar-refractivity contribution >= 4 is 22.8 Å². The summed E-state index contributed by atoms with van der Waals surface area (Å²) in [6.07, 6.45) is 5.78. The van der Waals surface area contributed by atoms with Gasteiger partial charge in [0, 0.05) is 18.0 Å². The van der Waals surface area contributed by atoms with Crippen molar-refractivity contribution in [2.24, 2.45) is 4.99 Å². The van der Waals surface area contributed by atoms with Crippen molar-refractivity contribution in [2.45, 2.75) is 31.7 Å². The summed E-state index contributed by atoms with van der Waals surface area (Å²) in [5.41, 5.74) is 0.108. The zero-order valence-electron chi connectivity index (χ0n) is 10.1. The summed E-state index contributed by atoms with van der Waals surface area (Å²) in [6.45, 7) is 0.789. The van der Waals surface area contributed by atoms with Crippen molar-refractivity contribution in [1.29, 1.82) is 5.26 Å². The van der Waals surface area contributed by atoms with Gasteiger partial charge >= 0.3 is 0 Å². The van der Waals surface area contributed by atoms with Crippen LogP contribution in [-0.2, 0) is 4.79 Å². The molecular weight excluding hydrogens is 248 g/mol. The number of rotatable bonds is 3. The quantitative estimate of drug-likeness (QED) is 0.592. The zero-order valence-corrected chi connectivity index (χ0v) is 10.9. The Morgan fingerprint density at radius 1 is 1.50 bits per heavy atom. The molecule has 0 aromatic carbocycles. The number of nitriles is 1. The van der Waals surface area contributed by atoms with E-state index >= 15 is 0 Å². The Bertz CT molecular complexity index is 418. The fourth-order valence-corrected chi connectivity index (χ4v) is 2.74. The van der Waals surface area contributed by atoms with Crippen LogP contribution in [0.1, 0.15) is 25.7 Å². The lowest BCUT2D eigenvalue weighted by molar-refractivity contribution is -0.117. The molecule has 1 heterocycles. The van der Waals surface area contributed by atoms with Gasteiger partial charge in [-0.05, 0) is 12.8 Å². The molecule has 2 N–H and O–H groups in total. The summed E-state index contributed by atoms with van der Waals surface area (Å²) in [5, 5.41) is 15.5. The normalized spacial score (nSPS) is 20.4. The van der Waals surface area contributed by atoms with Crippen LogP contribution in [0.25, 0.3) is 0 Å². The van der Waals surface area contributed by atoms with Crippen LogP contribution >= 0.6 is 11.8 Å². The van der Waals surface area contributed by atoms with Crippen LogP contribution in [0.4, 0.5) is 0 Å². The Hall–Kier alpha value is -1.48. The number of hydrogen-bond donors (Lipinski definition) is 2. The molecule has 2 aliphatic rings. The number of amides is 1. The molecule has 5 nitrogen and oxygen atoms in total. The van der Waals surface area contributed by atoms with Crippen LogP contribution in [0.5, 0.6) is 0 Å². The van der Waals surface area contributed by atoms with Crippen LogP contribution in [0.3, 0.4) is 0 Å². The average Bonchev–Trinajstić information content (AvgIpc) is 3.02. The molecular formula is C12H16N4OS. The van der Waals surface area contributed by atoms with Crippen LogP contribution in [-0.4, -0.2) is 29.4 Å². The number of nitrogens with zero attached hydrogens (tertiary/aromatic N) is 2. The molecule has 0 aromatic rings. The Morgan fingerprint density at radius 3 is 2.89 bits per heavy atom. The maximum Gasteiger partial charge on any atom is 0.263 e. The van der Waals surface area contributed by atoms with Crippen LogP contribution in [0.2, 0.25) is 0 Å². The van der Waals surface area contributed by atoms with Gasteiger partial charge in [0.15, 0.2) is 5.17 Å². The number of thioether (sulfide) groups is 1. The van der Waals surface area contributed by atoms with Gasteiger partial charge in [0.25, 0.3) is 5.91 Å². The molecule has 1 saturated carbocycles. The number of carbonyl (C=O) groups excluding carboxylic acids is 1. The molecule has 96 valence electrons. The van der Waals surface area contributed by atoms with E-state index in [1.54, 1.807) is 11.8 Å². The fourth-order valence-electron chi connectivity index (χ4n) is 2.04. The van der Waals surface area contributed by atoms with Gasteiger partial charge in [-0.15, -0.1) is 0 Å². The van der Waals surface area contributed by atoms with Gasteiger partial charge in [0.05, 0.1) is 6.54 Å². The van der Waals surface area contributed by atoms with Gasteiger partial charge in [-0.25, -0.2) is 0 Å². The first kappa shape index (κ1) is 13.0. The van der Waals surface area contributed by atoms with Gasteiger partial charge in [0.1, 0.15) is 11.6 Å². The maximum absolute atomic E-state index is 11.8. The number of aliphatic imine (C=N–C) groups is 1. The molecule has 2 rings (SSSR count). The summed E-state index contributed by atoms with van der Waals surface area (Å²) in [4.78, 5) is 16.0. The van der Waals surface area contributed by atoms with Crippen molar-refractivity contribution < 1.29 is 4.79 Å². The monoisotopic (exact) mass is 264 g/mol. The maximum atomic E-state index is 11.8. The SMILES string of the molecule is N#C/C(=C/NC1=NCCS1)C(=O)NC1CCCC1. The van der Waals surface area contributed by atoms with E-state index in [1.165, 1.54) is 6.20 Å². The summed E-state index contributed by atoms with van der Waals surface area (Å²) < 4.78 is 0. The highest BCUT2D eigenvalue weighted by atomic mass is 32.2. The van der Waals surface area contributed by atoms with E-state index in [9.17, 15) is 4.79 Å². The molecule has 1 fully saturated rings. The fraction of sp³-hybridized carbons (Fsp3) is 0.583.